The van der Waals surface area contributed by atoms with Crippen molar-refractivity contribution >= 4 is 5.91 Å². The summed E-state index contributed by atoms with van der Waals surface area (Å²) in [6.45, 7) is 4.02. The number of aliphatic hydroxyl groups is 1. The van der Waals surface area contributed by atoms with E-state index in [1.54, 1.807) is 0 Å². The van der Waals surface area contributed by atoms with Crippen LogP contribution in [0.2, 0.25) is 0 Å². The van der Waals surface area contributed by atoms with E-state index in [-0.39, 0.29) is 12.5 Å². The molecule has 1 heterocycles. The summed E-state index contributed by atoms with van der Waals surface area (Å²) in [4.78, 5) is 14.5. The summed E-state index contributed by atoms with van der Waals surface area (Å²) in [6, 6.07) is 7.47. The maximum atomic E-state index is 12.6. The van der Waals surface area contributed by atoms with Crippen molar-refractivity contribution in [2.45, 2.75) is 32.6 Å². The predicted octanol–water partition coefficient (Wildman–Crippen LogP) is 2.68. The number of nitrogens with zero attached hydrogens (tertiary/aromatic N) is 1. The standard InChI is InChI=1S/C18H23NO2/c1-15-6-5-11-19(12-10-15)18(21)17-9-4-8-16(14-17)7-2-3-13-20/h4,8-9,14-15,20H,3,5-6,10-13H2,1H3. The maximum Gasteiger partial charge on any atom is 0.253 e. The van der Waals surface area contributed by atoms with Gasteiger partial charge in [0.2, 0.25) is 0 Å². The van der Waals surface area contributed by atoms with Crippen LogP contribution in [0.1, 0.15) is 48.5 Å². The first-order valence-electron chi connectivity index (χ1n) is 7.70. The molecule has 0 radical (unpaired) electrons. The van der Waals surface area contributed by atoms with E-state index in [2.05, 4.69) is 18.8 Å². The number of aliphatic hydroxyl groups excluding tert-OH is 1. The molecular formula is C18H23NO2. The van der Waals surface area contributed by atoms with Crippen LogP contribution < -0.4 is 0 Å². The lowest BCUT2D eigenvalue weighted by Gasteiger charge is -2.20. The average Bonchev–Trinajstić information content (AvgIpc) is 2.72. The molecule has 0 aliphatic carbocycles. The van der Waals surface area contributed by atoms with Crippen LogP contribution in [-0.2, 0) is 0 Å². The maximum absolute atomic E-state index is 12.6. The summed E-state index contributed by atoms with van der Waals surface area (Å²) < 4.78 is 0. The van der Waals surface area contributed by atoms with Gasteiger partial charge in [0.15, 0.2) is 0 Å². The van der Waals surface area contributed by atoms with Crippen molar-refractivity contribution in [3.05, 3.63) is 35.4 Å². The quantitative estimate of drug-likeness (QED) is 0.849. The number of benzene rings is 1. The van der Waals surface area contributed by atoms with E-state index in [0.29, 0.717) is 17.9 Å². The van der Waals surface area contributed by atoms with E-state index in [9.17, 15) is 4.79 Å². The zero-order chi connectivity index (χ0) is 15.1. The Morgan fingerprint density at radius 1 is 1.38 bits per heavy atom. The molecule has 2 rings (SSSR count). The van der Waals surface area contributed by atoms with Crippen molar-refractivity contribution in [3.63, 3.8) is 0 Å². The van der Waals surface area contributed by atoms with Gasteiger partial charge in [-0.25, -0.2) is 0 Å². The minimum Gasteiger partial charge on any atom is -0.395 e. The van der Waals surface area contributed by atoms with Gasteiger partial charge in [-0.2, -0.15) is 0 Å². The van der Waals surface area contributed by atoms with Gasteiger partial charge >= 0.3 is 0 Å². The number of amides is 1. The van der Waals surface area contributed by atoms with Crippen LogP contribution in [0.15, 0.2) is 24.3 Å². The number of hydrogen-bond acceptors (Lipinski definition) is 2. The number of carbonyl (C=O) groups excluding carboxylic acids is 1. The fraction of sp³-hybridized carbons (Fsp3) is 0.500. The van der Waals surface area contributed by atoms with Crippen LogP contribution in [0.5, 0.6) is 0 Å². The molecule has 0 saturated carbocycles. The Morgan fingerprint density at radius 2 is 2.24 bits per heavy atom. The van der Waals surface area contributed by atoms with Gasteiger partial charge in [0, 0.05) is 30.6 Å². The molecule has 1 aromatic rings. The highest BCUT2D eigenvalue weighted by atomic mass is 16.2. The van der Waals surface area contributed by atoms with Crippen molar-refractivity contribution in [3.8, 4) is 11.8 Å². The zero-order valence-electron chi connectivity index (χ0n) is 12.6. The Hall–Kier alpha value is -1.79. The molecule has 1 aromatic carbocycles. The Morgan fingerprint density at radius 3 is 3.05 bits per heavy atom. The zero-order valence-corrected chi connectivity index (χ0v) is 12.6. The van der Waals surface area contributed by atoms with E-state index in [0.717, 1.165) is 31.5 Å². The lowest BCUT2D eigenvalue weighted by molar-refractivity contribution is 0.0760. The van der Waals surface area contributed by atoms with Crippen molar-refractivity contribution in [1.29, 1.82) is 0 Å². The van der Waals surface area contributed by atoms with Gasteiger partial charge < -0.3 is 10.0 Å². The van der Waals surface area contributed by atoms with Gasteiger partial charge in [-0.15, -0.1) is 0 Å². The molecule has 1 amide bonds. The Kier molecular flexibility index (Phi) is 5.83. The van der Waals surface area contributed by atoms with Gasteiger partial charge in [-0.05, 0) is 43.4 Å². The van der Waals surface area contributed by atoms with Gasteiger partial charge in [-0.1, -0.05) is 24.8 Å². The first-order chi connectivity index (χ1) is 10.2. The van der Waals surface area contributed by atoms with Crippen molar-refractivity contribution in [2.24, 2.45) is 5.92 Å². The molecule has 1 aliphatic rings. The third-order valence-corrected chi connectivity index (χ3v) is 3.88. The minimum absolute atomic E-state index is 0.0670. The fourth-order valence-electron chi connectivity index (χ4n) is 2.60. The number of hydrogen-bond donors (Lipinski definition) is 1. The molecule has 1 fully saturated rings. The summed E-state index contributed by atoms with van der Waals surface area (Å²) in [7, 11) is 0. The SMILES string of the molecule is CC1CCCN(C(=O)c2cccc(C#CCCO)c2)CC1. The smallest absolute Gasteiger partial charge is 0.253 e. The average molecular weight is 285 g/mol. The lowest BCUT2D eigenvalue weighted by atomic mass is 10.0. The van der Waals surface area contributed by atoms with Gasteiger partial charge in [0.05, 0.1) is 6.61 Å². The van der Waals surface area contributed by atoms with Crippen LogP contribution in [-0.4, -0.2) is 35.6 Å². The highest BCUT2D eigenvalue weighted by Gasteiger charge is 2.19. The largest absolute Gasteiger partial charge is 0.395 e. The minimum atomic E-state index is 0.0670. The summed E-state index contributed by atoms with van der Waals surface area (Å²) >= 11 is 0. The lowest BCUT2D eigenvalue weighted by Crippen LogP contribution is -2.32. The molecule has 3 nitrogen and oxygen atoms in total. The van der Waals surface area contributed by atoms with Crippen molar-refractivity contribution in [1.82, 2.24) is 4.90 Å². The second-order valence-electron chi connectivity index (χ2n) is 5.68. The summed E-state index contributed by atoms with van der Waals surface area (Å²) in [6.07, 6.45) is 3.84. The first-order valence-corrected chi connectivity index (χ1v) is 7.70. The van der Waals surface area contributed by atoms with Crippen LogP contribution >= 0.6 is 0 Å². The Balaban J connectivity index is 2.08. The van der Waals surface area contributed by atoms with E-state index in [1.807, 2.05) is 29.2 Å². The van der Waals surface area contributed by atoms with E-state index >= 15 is 0 Å². The Labute approximate surface area is 127 Å². The second kappa shape index (κ2) is 7.85. The molecular weight excluding hydrogens is 262 g/mol. The molecule has 1 unspecified atom stereocenters. The van der Waals surface area contributed by atoms with Crippen LogP contribution in [0.3, 0.4) is 0 Å². The van der Waals surface area contributed by atoms with Gasteiger partial charge in [0.25, 0.3) is 5.91 Å². The van der Waals surface area contributed by atoms with Crippen molar-refractivity contribution < 1.29 is 9.90 Å². The highest BCUT2D eigenvalue weighted by molar-refractivity contribution is 5.94. The first kappa shape index (κ1) is 15.6. The molecule has 3 heteroatoms. The van der Waals surface area contributed by atoms with E-state index in [1.165, 1.54) is 6.42 Å². The monoisotopic (exact) mass is 285 g/mol. The molecule has 0 aromatic heterocycles. The predicted molar refractivity (Wildman–Crippen MR) is 83.9 cm³/mol. The summed E-state index contributed by atoms with van der Waals surface area (Å²) in [5, 5.41) is 8.74. The Bertz CT molecular complexity index is 542. The van der Waals surface area contributed by atoms with Crippen LogP contribution in [0, 0.1) is 17.8 Å². The molecule has 21 heavy (non-hydrogen) atoms. The van der Waals surface area contributed by atoms with E-state index in [4.69, 9.17) is 5.11 Å². The van der Waals surface area contributed by atoms with Gasteiger partial charge in [0.1, 0.15) is 0 Å². The molecule has 1 aliphatic heterocycles. The van der Waals surface area contributed by atoms with Crippen LogP contribution in [0.4, 0.5) is 0 Å². The molecule has 1 N–H and O–H groups in total. The molecule has 1 saturated heterocycles. The number of carbonyl (C=O) groups is 1. The molecule has 0 spiro atoms. The fourth-order valence-corrected chi connectivity index (χ4v) is 2.60. The van der Waals surface area contributed by atoms with Crippen molar-refractivity contribution in [2.75, 3.05) is 19.7 Å². The highest BCUT2D eigenvalue weighted by Crippen LogP contribution is 2.18. The second-order valence-corrected chi connectivity index (χ2v) is 5.68. The molecule has 1 atom stereocenters. The normalized spacial score (nSPS) is 18.6. The number of likely N-dealkylation sites (tertiary alicyclic amines) is 1. The third-order valence-electron chi connectivity index (χ3n) is 3.88. The van der Waals surface area contributed by atoms with Crippen LogP contribution in [0.25, 0.3) is 0 Å². The van der Waals surface area contributed by atoms with Gasteiger partial charge in [-0.3, -0.25) is 4.79 Å². The third kappa shape index (κ3) is 4.61. The summed E-state index contributed by atoms with van der Waals surface area (Å²) in [5.74, 6) is 6.68. The summed E-state index contributed by atoms with van der Waals surface area (Å²) in [5.41, 5.74) is 1.54. The number of rotatable bonds is 2. The topological polar surface area (TPSA) is 40.5 Å². The molecule has 112 valence electrons. The van der Waals surface area contributed by atoms with E-state index < -0.39 is 0 Å². The molecule has 0 bridgehead atoms.